The Labute approximate surface area is 112 Å². The number of ether oxygens (including phenoxy) is 2. The molecule has 3 nitrogen and oxygen atoms in total. The summed E-state index contributed by atoms with van der Waals surface area (Å²) in [6, 6.07) is 6.22. The van der Waals surface area contributed by atoms with Gasteiger partial charge in [0.2, 0.25) is 0 Å². The van der Waals surface area contributed by atoms with Gasteiger partial charge in [-0.2, -0.15) is 0 Å². The minimum Gasteiger partial charge on any atom is -0.346 e. The maximum atomic E-state index is 6.01. The van der Waals surface area contributed by atoms with E-state index in [1.165, 1.54) is 18.4 Å². The Morgan fingerprint density at radius 3 is 2.72 bits per heavy atom. The van der Waals surface area contributed by atoms with Crippen molar-refractivity contribution in [2.75, 3.05) is 6.54 Å². The highest BCUT2D eigenvalue weighted by atomic mass is 35.5. The molecule has 98 valence electrons. The summed E-state index contributed by atoms with van der Waals surface area (Å²) in [6.07, 6.45) is 3.48. The molecule has 2 aliphatic heterocycles. The van der Waals surface area contributed by atoms with Gasteiger partial charge in [0.05, 0.1) is 19.3 Å². The first-order chi connectivity index (χ1) is 8.83. The molecule has 2 heterocycles. The third kappa shape index (κ3) is 2.69. The van der Waals surface area contributed by atoms with Crippen molar-refractivity contribution in [2.24, 2.45) is 0 Å². The molecule has 4 heteroatoms. The fourth-order valence-electron chi connectivity index (χ4n) is 2.60. The molecule has 0 amide bonds. The van der Waals surface area contributed by atoms with Crippen molar-refractivity contribution in [3.8, 4) is 0 Å². The summed E-state index contributed by atoms with van der Waals surface area (Å²) in [5.41, 5.74) is 2.32. The predicted octanol–water partition coefficient (Wildman–Crippen LogP) is 2.86. The van der Waals surface area contributed by atoms with Crippen LogP contribution in [0.3, 0.4) is 0 Å². The molecular weight excluding hydrogens is 250 g/mol. The first kappa shape index (κ1) is 12.4. The Morgan fingerprint density at radius 2 is 1.94 bits per heavy atom. The lowest BCUT2D eigenvalue weighted by molar-refractivity contribution is -0.168. The summed E-state index contributed by atoms with van der Waals surface area (Å²) in [5, 5.41) is 4.23. The molecule has 0 spiro atoms. The summed E-state index contributed by atoms with van der Waals surface area (Å²) < 4.78 is 11.8. The largest absolute Gasteiger partial charge is 0.346 e. The number of fused-ring (bicyclic) bond motifs is 1. The van der Waals surface area contributed by atoms with Crippen molar-refractivity contribution in [3.63, 3.8) is 0 Å². The number of benzene rings is 1. The first-order valence-electron chi connectivity index (χ1n) is 6.57. The average Bonchev–Trinajstić information content (AvgIpc) is 2.62. The van der Waals surface area contributed by atoms with E-state index in [4.69, 9.17) is 21.1 Å². The highest BCUT2D eigenvalue weighted by molar-refractivity contribution is 6.30. The molecule has 18 heavy (non-hydrogen) atoms. The molecular formula is C14H18ClNO2. The molecule has 0 saturated carbocycles. The summed E-state index contributed by atoms with van der Waals surface area (Å²) in [5.74, 6) is 0. The van der Waals surface area contributed by atoms with Crippen LogP contribution >= 0.6 is 11.6 Å². The van der Waals surface area contributed by atoms with Gasteiger partial charge in [0, 0.05) is 5.02 Å². The molecule has 0 aromatic heterocycles. The van der Waals surface area contributed by atoms with Gasteiger partial charge in [-0.25, -0.2) is 0 Å². The van der Waals surface area contributed by atoms with E-state index in [0.717, 1.165) is 23.6 Å². The van der Waals surface area contributed by atoms with Gasteiger partial charge in [0.1, 0.15) is 0 Å². The molecule has 0 aliphatic carbocycles. The van der Waals surface area contributed by atoms with Crippen molar-refractivity contribution < 1.29 is 9.47 Å². The van der Waals surface area contributed by atoms with Crippen LogP contribution in [0.15, 0.2) is 18.2 Å². The fraction of sp³-hybridized carbons (Fsp3) is 0.571. The van der Waals surface area contributed by atoms with Gasteiger partial charge in [-0.3, -0.25) is 0 Å². The molecule has 3 rings (SSSR count). The predicted molar refractivity (Wildman–Crippen MR) is 70.5 cm³/mol. The Kier molecular flexibility index (Phi) is 3.85. The molecule has 1 fully saturated rings. The fourth-order valence-corrected chi connectivity index (χ4v) is 2.80. The van der Waals surface area contributed by atoms with E-state index < -0.39 is 0 Å². The SMILES string of the molecule is Clc1ccc2c(c1)COC(C1CCCCN1)OC2. The third-order valence-corrected chi connectivity index (χ3v) is 3.89. The Balaban J connectivity index is 1.70. The van der Waals surface area contributed by atoms with Gasteiger partial charge >= 0.3 is 0 Å². The molecule has 1 aromatic carbocycles. The third-order valence-electron chi connectivity index (χ3n) is 3.65. The summed E-state index contributed by atoms with van der Waals surface area (Å²) in [4.78, 5) is 0. The lowest BCUT2D eigenvalue weighted by Gasteiger charge is -2.29. The molecule has 2 atom stereocenters. The van der Waals surface area contributed by atoms with Crippen LogP contribution in [0.5, 0.6) is 0 Å². The topological polar surface area (TPSA) is 30.5 Å². The Morgan fingerprint density at radius 1 is 1.11 bits per heavy atom. The van der Waals surface area contributed by atoms with Crippen LogP contribution < -0.4 is 5.32 Å². The van der Waals surface area contributed by atoms with Crippen LogP contribution in [-0.4, -0.2) is 18.9 Å². The number of hydrogen-bond acceptors (Lipinski definition) is 3. The first-order valence-corrected chi connectivity index (χ1v) is 6.94. The summed E-state index contributed by atoms with van der Waals surface area (Å²) in [7, 11) is 0. The van der Waals surface area contributed by atoms with Gasteiger partial charge in [0.25, 0.3) is 0 Å². The number of nitrogens with one attached hydrogen (secondary N) is 1. The van der Waals surface area contributed by atoms with E-state index in [1.54, 1.807) is 0 Å². The summed E-state index contributed by atoms with van der Waals surface area (Å²) >= 11 is 6.01. The number of piperidine rings is 1. The van der Waals surface area contributed by atoms with Crippen LogP contribution in [-0.2, 0) is 22.7 Å². The molecule has 1 saturated heterocycles. The van der Waals surface area contributed by atoms with Crippen LogP contribution in [0.2, 0.25) is 5.02 Å². The van der Waals surface area contributed by atoms with Gasteiger partial charge in [-0.05, 0) is 42.6 Å². The zero-order valence-electron chi connectivity index (χ0n) is 10.3. The number of hydrogen-bond donors (Lipinski definition) is 1. The quantitative estimate of drug-likeness (QED) is 0.849. The molecule has 2 aliphatic rings. The van der Waals surface area contributed by atoms with Gasteiger partial charge in [0.15, 0.2) is 6.29 Å². The Bertz CT molecular complexity index is 418. The van der Waals surface area contributed by atoms with Crippen molar-refractivity contribution in [2.45, 2.75) is 44.8 Å². The maximum Gasteiger partial charge on any atom is 0.173 e. The zero-order valence-corrected chi connectivity index (χ0v) is 11.1. The monoisotopic (exact) mass is 267 g/mol. The lowest BCUT2D eigenvalue weighted by Crippen LogP contribution is -2.45. The van der Waals surface area contributed by atoms with E-state index in [0.29, 0.717) is 19.3 Å². The van der Waals surface area contributed by atoms with Crippen molar-refractivity contribution >= 4 is 11.6 Å². The molecule has 0 bridgehead atoms. The second-order valence-electron chi connectivity index (χ2n) is 4.96. The van der Waals surface area contributed by atoms with Crippen LogP contribution in [0.4, 0.5) is 0 Å². The van der Waals surface area contributed by atoms with Crippen molar-refractivity contribution in [3.05, 3.63) is 34.3 Å². The van der Waals surface area contributed by atoms with Gasteiger partial charge < -0.3 is 14.8 Å². The lowest BCUT2D eigenvalue weighted by atomic mass is 10.0. The highest BCUT2D eigenvalue weighted by Gasteiger charge is 2.27. The maximum absolute atomic E-state index is 6.01. The molecule has 1 N–H and O–H groups in total. The van der Waals surface area contributed by atoms with Crippen molar-refractivity contribution in [1.82, 2.24) is 5.32 Å². The average molecular weight is 268 g/mol. The van der Waals surface area contributed by atoms with E-state index >= 15 is 0 Å². The summed E-state index contributed by atoms with van der Waals surface area (Å²) in [6.45, 7) is 2.25. The minimum atomic E-state index is -0.142. The normalized spacial score (nSPS) is 28.5. The van der Waals surface area contributed by atoms with E-state index in [-0.39, 0.29) is 6.29 Å². The minimum absolute atomic E-state index is 0.142. The second kappa shape index (κ2) is 5.57. The van der Waals surface area contributed by atoms with E-state index in [9.17, 15) is 0 Å². The van der Waals surface area contributed by atoms with Gasteiger partial charge in [-0.1, -0.05) is 24.1 Å². The number of halogens is 1. The second-order valence-corrected chi connectivity index (χ2v) is 5.40. The van der Waals surface area contributed by atoms with E-state index in [2.05, 4.69) is 5.32 Å². The number of rotatable bonds is 1. The van der Waals surface area contributed by atoms with E-state index in [1.807, 2.05) is 18.2 Å². The van der Waals surface area contributed by atoms with Crippen LogP contribution in [0.1, 0.15) is 30.4 Å². The van der Waals surface area contributed by atoms with Crippen molar-refractivity contribution in [1.29, 1.82) is 0 Å². The molecule has 0 radical (unpaired) electrons. The smallest absolute Gasteiger partial charge is 0.173 e. The zero-order chi connectivity index (χ0) is 12.4. The van der Waals surface area contributed by atoms with Crippen LogP contribution in [0, 0.1) is 0 Å². The standard InChI is InChI=1S/C14H18ClNO2/c15-12-5-4-10-8-17-14(18-9-11(10)7-12)13-3-1-2-6-16-13/h4-5,7,13-14,16H,1-3,6,8-9H2. The molecule has 2 unspecified atom stereocenters. The van der Waals surface area contributed by atoms with Gasteiger partial charge in [-0.15, -0.1) is 0 Å². The molecule has 1 aromatic rings. The Hall–Kier alpha value is -0.610. The van der Waals surface area contributed by atoms with Crippen LogP contribution in [0.25, 0.3) is 0 Å². The highest BCUT2D eigenvalue weighted by Crippen LogP contribution is 2.24.